The van der Waals surface area contributed by atoms with Crippen molar-refractivity contribution in [1.82, 2.24) is 4.98 Å². The fourth-order valence-electron chi connectivity index (χ4n) is 2.24. The molecule has 1 atom stereocenters. The van der Waals surface area contributed by atoms with E-state index >= 15 is 0 Å². The molecule has 0 radical (unpaired) electrons. The Kier molecular flexibility index (Phi) is 5.50. The molecular formula is C19H21N3O2S. The van der Waals surface area contributed by atoms with E-state index < -0.39 is 0 Å². The molecule has 0 spiro atoms. The van der Waals surface area contributed by atoms with Gasteiger partial charge in [0.2, 0.25) is 5.13 Å². The number of rotatable bonds is 7. The monoisotopic (exact) mass is 355 g/mol. The van der Waals surface area contributed by atoms with E-state index in [1.54, 1.807) is 24.7 Å². The van der Waals surface area contributed by atoms with E-state index in [4.69, 9.17) is 9.47 Å². The minimum Gasteiger partial charge on any atom is -0.493 e. The maximum Gasteiger partial charge on any atom is 0.204 e. The number of thiazole rings is 1. The fraction of sp³-hybridized carbons (Fsp3) is 0.263. The summed E-state index contributed by atoms with van der Waals surface area (Å²) in [5.74, 6) is 1.44. The van der Waals surface area contributed by atoms with Crippen LogP contribution in [0.1, 0.15) is 25.8 Å². The third kappa shape index (κ3) is 4.28. The molecule has 0 saturated carbocycles. The van der Waals surface area contributed by atoms with Gasteiger partial charge in [0, 0.05) is 0 Å². The van der Waals surface area contributed by atoms with Crippen molar-refractivity contribution in [3.05, 3.63) is 48.0 Å². The summed E-state index contributed by atoms with van der Waals surface area (Å²) in [4.78, 5) is 4.48. The Morgan fingerprint density at radius 2 is 2.08 bits per heavy atom. The number of aromatic nitrogens is 1. The second-order valence-electron chi connectivity index (χ2n) is 5.60. The first-order valence-electron chi connectivity index (χ1n) is 8.19. The number of hydrogen-bond donors (Lipinski definition) is 1. The zero-order chi connectivity index (χ0) is 17.6. The number of nitrogens with one attached hydrogen (secondary N) is 1. The lowest BCUT2D eigenvalue weighted by molar-refractivity contribution is 0.207. The highest BCUT2D eigenvalue weighted by molar-refractivity contribution is 7.22. The number of benzene rings is 2. The molecule has 130 valence electrons. The third-order valence-electron chi connectivity index (χ3n) is 3.76. The summed E-state index contributed by atoms with van der Waals surface area (Å²) in [5, 5.41) is 5.03. The van der Waals surface area contributed by atoms with Crippen LogP contribution in [0, 0.1) is 0 Å². The highest BCUT2D eigenvalue weighted by Crippen LogP contribution is 2.29. The summed E-state index contributed by atoms with van der Waals surface area (Å²) < 4.78 is 12.4. The molecule has 0 unspecified atom stereocenters. The van der Waals surface area contributed by atoms with Crippen molar-refractivity contribution in [2.45, 2.75) is 26.4 Å². The first-order chi connectivity index (χ1) is 12.2. The van der Waals surface area contributed by atoms with Crippen LogP contribution < -0.4 is 14.9 Å². The molecule has 6 heteroatoms. The Balaban J connectivity index is 1.70. The van der Waals surface area contributed by atoms with Gasteiger partial charge < -0.3 is 9.47 Å². The number of hydrogen-bond acceptors (Lipinski definition) is 6. The van der Waals surface area contributed by atoms with Gasteiger partial charge in [0.1, 0.15) is 0 Å². The molecule has 1 heterocycles. The fourth-order valence-corrected chi connectivity index (χ4v) is 3.06. The summed E-state index contributed by atoms with van der Waals surface area (Å²) in [6.07, 6.45) is 2.83. The molecule has 0 aliphatic carbocycles. The van der Waals surface area contributed by atoms with Gasteiger partial charge in [-0.25, -0.2) is 4.98 Å². The van der Waals surface area contributed by atoms with Crippen LogP contribution in [0.2, 0.25) is 0 Å². The van der Waals surface area contributed by atoms with Gasteiger partial charge in [-0.1, -0.05) is 30.4 Å². The van der Waals surface area contributed by atoms with Gasteiger partial charge in [-0.15, -0.1) is 0 Å². The quantitative estimate of drug-likeness (QED) is 0.482. The molecule has 2 aromatic carbocycles. The standard InChI is InChI=1S/C19H21N3O2S/c1-4-13(2)24-16-10-9-14(11-17(16)23-3)12-20-22-19-21-15-7-5-6-8-18(15)25-19/h5-13H,4H2,1-3H3,(H,21,22)/b20-12+/t13-/m0/s1. The third-order valence-corrected chi connectivity index (χ3v) is 4.70. The van der Waals surface area contributed by atoms with Crippen LogP contribution in [0.15, 0.2) is 47.6 Å². The maximum absolute atomic E-state index is 5.85. The van der Waals surface area contributed by atoms with Crippen molar-refractivity contribution >= 4 is 32.9 Å². The van der Waals surface area contributed by atoms with E-state index in [1.807, 2.05) is 49.4 Å². The van der Waals surface area contributed by atoms with Gasteiger partial charge in [0.25, 0.3) is 0 Å². The maximum atomic E-state index is 5.85. The van der Waals surface area contributed by atoms with Crippen molar-refractivity contribution in [2.75, 3.05) is 12.5 Å². The van der Waals surface area contributed by atoms with Crippen LogP contribution in [-0.2, 0) is 0 Å². The van der Waals surface area contributed by atoms with Crippen LogP contribution in [0.3, 0.4) is 0 Å². The predicted molar refractivity (Wildman–Crippen MR) is 104 cm³/mol. The van der Waals surface area contributed by atoms with Crippen molar-refractivity contribution in [1.29, 1.82) is 0 Å². The number of anilines is 1. The van der Waals surface area contributed by atoms with E-state index in [9.17, 15) is 0 Å². The topological polar surface area (TPSA) is 55.7 Å². The summed E-state index contributed by atoms with van der Waals surface area (Å²) in [6, 6.07) is 13.8. The van der Waals surface area contributed by atoms with Crippen LogP contribution in [0.25, 0.3) is 10.2 Å². The molecule has 25 heavy (non-hydrogen) atoms. The number of fused-ring (bicyclic) bond motifs is 1. The highest BCUT2D eigenvalue weighted by Gasteiger charge is 2.08. The zero-order valence-corrected chi connectivity index (χ0v) is 15.3. The van der Waals surface area contributed by atoms with Crippen LogP contribution in [0.5, 0.6) is 11.5 Å². The van der Waals surface area contributed by atoms with Gasteiger partial charge in [-0.3, -0.25) is 5.43 Å². The predicted octanol–water partition coefficient (Wildman–Crippen LogP) is 4.93. The van der Waals surface area contributed by atoms with Crippen molar-refractivity contribution < 1.29 is 9.47 Å². The lowest BCUT2D eigenvalue weighted by Gasteiger charge is -2.15. The van der Waals surface area contributed by atoms with Crippen LogP contribution in [-0.4, -0.2) is 24.4 Å². The highest BCUT2D eigenvalue weighted by atomic mass is 32.1. The Morgan fingerprint density at radius 1 is 1.24 bits per heavy atom. The minimum atomic E-state index is 0.147. The lowest BCUT2D eigenvalue weighted by atomic mass is 10.2. The molecule has 3 rings (SSSR count). The molecule has 1 N–H and O–H groups in total. The van der Waals surface area contributed by atoms with Gasteiger partial charge in [0.05, 0.1) is 29.6 Å². The second-order valence-corrected chi connectivity index (χ2v) is 6.63. The van der Waals surface area contributed by atoms with Crippen molar-refractivity contribution in [3.63, 3.8) is 0 Å². The number of nitrogens with zero attached hydrogens (tertiary/aromatic N) is 2. The number of hydrazone groups is 1. The average molecular weight is 355 g/mol. The minimum absolute atomic E-state index is 0.147. The van der Waals surface area contributed by atoms with Crippen molar-refractivity contribution in [3.8, 4) is 11.5 Å². The molecule has 3 aromatic rings. The normalized spacial score (nSPS) is 12.4. The Hall–Kier alpha value is -2.60. The van der Waals surface area contributed by atoms with E-state index in [2.05, 4.69) is 22.4 Å². The summed E-state index contributed by atoms with van der Waals surface area (Å²) >= 11 is 1.57. The molecule has 0 saturated heterocycles. The second kappa shape index (κ2) is 7.98. The number of ether oxygens (including phenoxy) is 2. The smallest absolute Gasteiger partial charge is 0.204 e. The van der Waals surface area contributed by atoms with Gasteiger partial charge >= 0.3 is 0 Å². The Bertz CT molecular complexity index is 843. The van der Waals surface area contributed by atoms with E-state index in [-0.39, 0.29) is 6.10 Å². The number of para-hydroxylation sites is 1. The molecule has 1 aromatic heterocycles. The van der Waals surface area contributed by atoms with E-state index in [0.717, 1.165) is 33.1 Å². The van der Waals surface area contributed by atoms with Crippen LogP contribution >= 0.6 is 11.3 Å². The molecule has 0 fully saturated rings. The van der Waals surface area contributed by atoms with Gasteiger partial charge in [0.15, 0.2) is 11.5 Å². The first-order valence-corrected chi connectivity index (χ1v) is 9.00. The first kappa shape index (κ1) is 17.2. The molecule has 0 aliphatic rings. The van der Waals surface area contributed by atoms with E-state index in [1.165, 1.54) is 0 Å². The Morgan fingerprint density at radius 3 is 2.84 bits per heavy atom. The van der Waals surface area contributed by atoms with E-state index in [0.29, 0.717) is 5.75 Å². The molecule has 0 aliphatic heterocycles. The largest absolute Gasteiger partial charge is 0.493 e. The summed E-state index contributed by atoms with van der Waals surface area (Å²) in [5.41, 5.74) is 4.87. The average Bonchev–Trinajstić information content (AvgIpc) is 3.05. The molecule has 0 bridgehead atoms. The summed E-state index contributed by atoms with van der Waals surface area (Å²) in [6.45, 7) is 4.13. The molecule has 0 amide bonds. The van der Waals surface area contributed by atoms with Crippen LogP contribution in [0.4, 0.5) is 5.13 Å². The summed E-state index contributed by atoms with van der Waals surface area (Å²) in [7, 11) is 1.64. The lowest BCUT2D eigenvalue weighted by Crippen LogP contribution is -2.10. The van der Waals surface area contributed by atoms with Gasteiger partial charge in [-0.05, 0) is 49.2 Å². The Labute approximate surface area is 151 Å². The van der Waals surface area contributed by atoms with Gasteiger partial charge in [-0.2, -0.15) is 5.10 Å². The molecule has 5 nitrogen and oxygen atoms in total. The number of methoxy groups -OCH3 is 1. The zero-order valence-electron chi connectivity index (χ0n) is 14.5. The van der Waals surface area contributed by atoms with Crippen molar-refractivity contribution in [2.24, 2.45) is 5.10 Å². The SMILES string of the molecule is CC[C@H](C)Oc1ccc(/C=N/Nc2nc3ccccc3s2)cc1OC. The molecular weight excluding hydrogens is 334 g/mol.